The topological polar surface area (TPSA) is 58.4 Å². The minimum atomic E-state index is 0.550. The average molecular weight is 1180 g/mol. The Morgan fingerprint density at radius 3 is 0.902 bits per heavy atom. The fourth-order valence-corrected chi connectivity index (χ4v) is 14.8. The molecule has 18 rings (SSSR count). The molecular weight excluding hydrogens is 1120 g/mol. The van der Waals surface area contributed by atoms with Crippen molar-refractivity contribution in [2.45, 2.75) is 27.7 Å². The van der Waals surface area contributed by atoms with Gasteiger partial charge in [0.1, 0.15) is 0 Å². The Balaban J connectivity index is 1.22. The van der Waals surface area contributed by atoms with E-state index in [4.69, 9.17) is 15.0 Å². The van der Waals surface area contributed by atoms with Gasteiger partial charge in [-0.1, -0.05) is 216 Å². The smallest absolute Gasteiger partial charge is 0.164 e. The van der Waals surface area contributed by atoms with Gasteiger partial charge in [0.05, 0.1) is 101 Å². The maximum absolute atomic E-state index is 6.08. The van der Waals surface area contributed by atoms with Gasteiger partial charge in [-0.2, -0.15) is 0 Å². The molecule has 0 saturated heterocycles. The molecule has 0 amide bonds. The minimum absolute atomic E-state index is 0.550. The highest BCUT2D eigenvalue weighted by molar-refractivity contribution is 6.18. The summed E-state index contributed by atoms with van der Waals surface area (Å²) in [6.45, 7) is 8.80. The number of hydrogen-bond acceptors (Lipinski definition) is 3. The van der Waals surface area contributed by atoms with Crippen molar-refractivity contribution in [1.82, 2.24) is 33.2 Å². The fourth-order valence-electron chi connectivity index (χ4n) is 14.8. The van der Waals surface area contributed by atoms with Gasteiger partial charge in [-0.15, -0.1) is 0 Å². The van der Waals surface area contributed by atoms with Gasteiger partial charge in [0.15, 0.2) is 5.82 Å². The van der Waals surface area contributed by atoms with Crippen molar-refractivity contribution in [2.75, 3.05) is 0 Å². The van der Waals surface area contributed by atoms with Crippen LogP contribution in [0.25, 0.3) is 166 Å². The van der Waals surface area contributed by atoms with Crippen LogP contribution in [0, 0.1) is 27.7 Å². The van der Waals surface area contributed by atoms with E-state index in [1.54, 1.807) is 0 Å². The highest BCUT2D eigenvalue weighted by atomic mass is 15.1. The van der Waals surface area contributed by atoms with E-state index in [0.29, 0.717) is 5.82 Å². The maximum Gasteiger partial charge on any atom is 0.164 e. The number of hydrogen-bond donors (Lipinski definition) is 0. The summed E-state index contributed by atoms with van der Waals surface area (Å²) in [6, 6.07) is 104. The lowest BCUT2D eigenvalue weighted by Crippen LogP contribution is -2.17. The molecule has 18 aromatic rings. The highest BCUT2D eigenvalue weighted by Crippen LogP contribution is 2.54. The monoisotopic (exact) mass is 1180 g/mol. The van der Waals surface area contributed by atoms with Gasteiger partial charge in [0, 0.05) is 59.8 Å². The number of aromatic nitrogens is 7. The first-order valence-electron chi connectivity index (χ1n) is 31.6. The molecule has 0 atom stereocenters. The van der Waals surface area contributed by atoms with Crippen molar-refractivity contribution in [3.05, 3.63) is 307 Å². The van der Waals surface area contributed by atoms with Crippen molar-refractivity contribution < 1.29 is 0 Å². The van der Waals surface area contributed by atoms with Crippen LogP contribution in [0.2, 0.25) is 0 Å². The zero-order chi connectivity index (χ0) is 61.3. The largest absolute Gasteiger partial charge is 0.308 e. The van der Waals surface area contributed by atoms with Crippen LogP contribution in [0.5, 0.6) is 0 Å². The van der Waals surface area contributed by atoms with Gasteiger partial charge in [0.25, 0.3) is 0 Å². The van der Waals surface area contributed by atoms with E-state index >= 15 is 0 Å². The fraction of sp³-hybridized carbons (Fsp3) is 0.0471. The molecule has 434 valence electrons. The van der Waals surface area contributed by atoms with Crippen LogP contribution in [-0.4, -0.2) is 33.2 Å². The zero-order valence-corrected chi connectivity index (χ0v) is 51.3. The molecule has 0 saturated carbocycles. The summed E-state index contributed by atoms with van der Waals surface area (Å²) in [5.41, 5.74) is 24.6. The van der Waals surface area contributed by atoms with Gasteiger partial charge in [-0.3, -0.25) is 0 Å². The highest BCUT2D eigenvalue weighted by Gasteiger charge is 2.37. The van der Waals surface area contributed by atoms with Crippen LogP contribution in [0.15, 0.2) is 285 Å². The van der Waals surface area contributed by atoms with E-state index in [1.165, 1.54) is 22.3 Å². The van der Waals surface area contributed by atoms with Crippen LogP contribution in [-0.2, 0) is 0 Å². The third-order valence-corrected chi connectivity index (χ3v) is 18.8. The van der Waals surface area contributed by atoms with Crippen LogP contribution < -0.4 is 0 Å². The van der Waals surface area contributed by atoms with Crippen LogP contribution >= 0.6 is 0 Å². The molecule has 6 heterocycles. The standard InChI is InChI=1S/C85H59N7/c1-52-39-43-75-63(47-52)59-29-14-18-35-71(59)89(75)81-79(68-34-22-33-67(86-68)56-23-8-5-9-24-56)82(90-72-36-19-15-30-60(72)64-48-53(2)40-44-76(64)90)84(92-74-38-21-17-32-62(74)66-50-55(4)42-46-78(66)92)83(91-73-37-20-16-31-61(73)65-49-54(3)41-45-77(65)91)80(81)85-87-69(57-25-10-6-11-26-57)51-70(88-85)58-27-12-7-13-28-58/h5-51H,1-4H3. The van der Waals surface area contributed by atoms with Crippen LogP contribution in [0.3, 0.4) is 0 Å². The summed E-state index contributed by atoms with van der Waals surface area (Å²) in [7, 11) is 0. The summed E-state index contributed by atoms with van der Waals surface area (Å²) in [5.74, 6) is 0.550. The molecule has 0 fully saturated rings. The predicted molar refractivity (Wildman–Crippen MR) is 383 cm³/mol. The molecule has 6 aromatic heterocycles. The summed E-state index contributed by atoms with van der Waals surface area (Å²) >= 11 is 0. The summed E-state index contributed by atoms with van der Waals surface area (Å²) in [4.78, 5) is 18.2. The Hall–Kier alpha value is -11.9. The molecule has 0 spiro atoms. The molecule has 12 aromatic carbocycles. The van der Waals surface area contributed by atoms with Crippen molar-refractivity contribution in [2.24, 2.45) is 0 Å². The van der Waals surface area contributed by atoms with Gasteiger partial charge < -0.3 is 18.3 Å². The first-order chi connectivity index (χ1) is 45.3. The first kappa shape index (κ1) is 53.1. The number of fused-ring (bicyclic) bond motifs is 12. The lowest BCUT2D eigenvalue weighted by Gasteiger charge is -2.31. The Labute approximate surface area is 531 Å². The molecule has 0 aliphatic rings. The Kier molecular flexibility index (Phi) is 12.0. The second-order valence-corrected chi connectivity index (χ2v) is 24.6. The molecule has 0 N–H and O–H groups in total. The van der Waals surface area contributed by atoms with Gasteiger partial charge >= 0.3 is 0 Å². The van der Waals surface area contributed by atoms with Gasteiger partial charge in [-0.25, -0.2) is 15.0 Å². The molecule has 0 bridgehead atoms. The van der Waals surface area contributed by atoms with E-state index in [9.17, 15) is 0 Å². The Morgan fingerprint density at radius 2 is 0.511 bits per heavy atom. The van der Waals surface area contributed by atoms with E-state index < -0.39 is 0 Å². The third-order valence-electron chi connectivity index (χ3n) is 18.8. The summed E-state index contributed by atoms with van der Waals surface area (Å²) in [6.07, 6.45) is 0. The maximum atomic E-state index is 6.08. The predicted octanol–water partition coefficient (Wildman–Crippen LogP) is 21.8. The quantitative estimate of drug-likeness (QED) is 0.145. The van der Waals surface area contributed by atoms with Crippen molar-refractivity contribution >= 4 is 87.2 Å². The van der Waals surface area contributed by atoms with Crippen molar-refractivity contribution in [3.63, 3.8) is 0 Å². The summed E-state index contributed by atoms with van der Waals surface area (Å²) < 4.78 is 10.2. The molecule has 0 radical (unpaired) electrons. The number of pyridine rings is 1. The van der Waals surface area contributed by atoms with E-state index in [2.05, 4.69) is 331 Å². The lowest BCUT2D eigenvalue weighted by atomic mass is 9.93. The van der Waals surface area contributed by atoms with E-state index in [0.717, 1.165) is 161 Å². The molecule has 0 aliphatic carbocycles. The molecule has 0 aliphatic heterocycles. The van der Waals surface area contributed by atoms with Crippen LogP contribution in [0.1, 0.15) is 22.3 Å². The minimum Gasteiger partial charge on any atom is -0.308 e. The number of aryl methyl sites for hydroxylation is 4. The van der Waals surface area contributed by atoms with Gasteiger partial charge in [-0.05, 0) is 119 Å². The SMILES string of the molecule is Cc1ccc2c(c1)c1ccccc1n2-c1c(-c2cccc(-c3ccccc3)n2)c(-n2c3ccccc3c3cc(C)ccc32)c(-n2c3ccccc3c3cc(C)ccc32)c(-n2c3ccccc3c3cc(C)ccc32)c1-c1nc(-c2ccccc2)cc(-c2ccccc2)n1. The second kappa shape index (κ2) is 20.8. The first-order valence-corrected chi connectivity index (χ1v) is 31.6. The van der Waals surface area contributed by atoms with Crippen molar-refractivity contribution in [1.29, 1.82) is 0 Å². The number of nitrogens with zero attached hydrogens (tertiary/aromatic N) is 7. The molecule has 92 heavy (non-hydrogen) atoms. The Bertz CT molecular complexity index is 5980. The van der Waals surface area contributed by atoms with E-state index in [-0.39, 0.29) is 0 Å². The molecule has 7 heteroatoms. The molecule has 7 nitrogen and oxygen atoms in total. The number of benzene rings is 12. The number of para-hydroxylation sites is 4. The van der Waals surface area contributed by atoms with Crippen molar-refractivity contribution in [3.8, 4) is 79.2 Å². The molecule has 0 unspecified atom stereocenters. The summed E-state index contributed by atoms with van der Waals surface area (Å²) in [5, 5.41) is 9.12. The van der Waals surface area contributed by atoms with Crippen LogP contribution in [0.4, 0.5) is 0 Å². The van der Waals surface area contributed by atoms with E-state index in [1.807, 2.05) is 0 Å². The Morgan fingerprint density at radius 1 is 0.207 bits per heavy atom. The normalized spacial score (nSPS) is 11.9. The lowest BCUT2D eigenvalue weighted by molar-refractivity contribution is 1.03. The number of rotatable bonds is 9. The molecular formula is C85H59N7. The average Bonchev–Trinajstić information content (AvgIpc) is 1.41. The van der Waals surface area contributed by atoms with Gasteiger partial charge in [0.2, 0.25) is 0 Å². The zero-order valence-electron chi connectivity index (χ0n) is 51.3. The second-order valence-electron chi connectivity index (χ2n) is 24.6. The third kappa shape index (κ3) is 8.18.